The molecular weight excluding hydrogens is 484 g/mol. The van der Waals surface area contributed by atoms with Crippen LogP contribution in [0.3, 0.4) is 0 Å². The molecule has 2 saturated heterocycles. The van der Waals surface area contributed by atoms with E-state index in [2.05, 4.69) is 0 Å². The van der Waals surface area contributed by atoms with Crippen LogP contribution in [0, 0.1) is 0 Å². The van der Waals surface area contributed by atoms with Crippen molar-refractivity contribution in [2.75, 3.05) is 0 Å². The van der Waals surface area contributed by atoms with E-state index in [9.17, 15) is 20.0 Å². The van der Waals surface area contributed by atoms with E-state index in [1.807, 2.05) is 55.4 Å². The third-order valence-electron chi connectivity index (χ3n) is 8.51. The monoisotopic (exact) mass is 540 g/mol. The zero-order valence-corrected chi connectivity index (χ0v) is 25.5. The van der Waals surface area contributed by atoms with Gasteiger partial charge in [-0.3, -0.25) is 9.59 Å². The van der Waals surface area contributed by atoms with Gasteiger partial charge in [0.25, 0.3) is 0 Å². The van der Waals surface area contributed by atoms with Gasteiger partial charge in [-0.1, -0.05) is 25.7 Å². The number of hydrogen-bond acceptors (Lipinski definition) is 8. The number of rotatable bonds is 11. The van der Waals surface area contributed by atoms with Crippen LogP contribution in [-0.2, 0) is 19.1 Å². The lowest BCUT2D eigenvalue weighted by Gasteiger charge is -2.42. The van der Waals surface area contributed by atoms with Gasteiger partial charge in [-0.2, -0.15) is 10.1 Å². The van der Waals surface area contributed by atoms with Crippen LogP contribution in [-0.4, -0.2) is 66.8 Å². The molecule has 2 aliphatic heterocycles. The van der Waals surface area contributed by atoms with Gasteiger partial charge in [-0.15, -0.1) is 0 Å². The molecular formula is C30H56N2O6. The van der Waals surface area contributed by atoms with Crippen molar-refractivity contribution in [3.63, 3.8) is 0 Å². The zero-order valence-electron chi connectivity index (χ0n) is 25.5. The molecule has 0 amide bonds. The molecule has 2 fully saturated rings. The van der Waals surface area contributed by atoms with Crippen LogP contribution in [0.25, 0.3) is 0 Å². The Morgan fingerprint density at radius 2 is 0.921 bits per heavy atom. The lowest BCUT2D eigenvalue weighted by molar-refractivity contribution is -0.223. The highest BCUT2D eigenvalue weighted by Gasteiger charge is 2.44. The summed E-state index contributed by atoms with van der Waals surface area (Å²) in [6, 6.07) is 0. The van der Waals surface area contributed by atoms with Crippen LogP contribution in [0.4, 0.5) is 0 Å². The molecule has 2 atom stereocenters. The number of carbonyl (C=O) groups excluding carboxylic acids is 2. The smallest absolute Gasteiger partial charge is 0.306 e. The molecule has 0 aromatic rings. The van der Waals surface area contributed by atoms with Gasteiger partial charge in [0, 0.05) is 47.8 Å². The predicted molar refractivity (Wildman–Crippen MR) is 148 cm³/mol. The summed E-state index contributed by atoms with van der Waals surface area (Å²) in [6.45, 7) is 16.0. The second-order valence-corrected chi connectivity index (χ2v) is 14.2. The summed E-state index contributed by atoms with van der Waals surface area (Å²) < 4.78 is 11.6. The maximum absolute atomic E-state index is 12.4. The number of nitrogens with zero attached hydrogens (tertiary/aromatic N) is 2. The maximum atomic E-state index is 12.4. The first-order chi connectivity index (χ1) is 17.5. The molecule has 2 aliphatic rings. The summed E-state index contributed by atoms with van der Waals surface area (Å²) in [4.78, 5) is 24.8. The lowest BCUT2D eigenvalue weighted by Crippen LogP contribution is -2.52. The Hall–Kier alpha value is -1.22. The minimum Gasteiger partial charge on any atom is -0.462 e. The fraction of sp³-hybridized carbons (Fsp3) is 0.933. The van der Waals surface area contributed by atoms with Gasteiger partial charge < -0.3 is 19.9 Å². The SMILES string of the molecule is CC1(C)CCC(OC(=O)CCCCCCCCC(=O)OC2CCC(C)(C)N(O)C(C)(C)C2)CC(C)(C)N1O. The number of esters is 2. The molecule has 0 radical (unpaired) electrons. The van der Waals surface area contributed by atoms with Crippen molar-refractivity contribution in [2.45, 2.75) is 180 Å². The highest BCUT2D eigenvalue weighted by atomic mass is 16.6. The van der Waals surface area contributed by atoms with Crippen LogP contribution < -0.4 is 0 Å². The summed E-state index contributed by atoms with van der Waals surface area (Å²) in [7, 11) is 0. The maximum Gasteiger partial charge on any atom is 0.306 e. The predicted octanol–water partition coefficient (Wildman–Crippen LogP) is 6.80. The zero-order chi connectivity index (χ0) is 28.8. The summed E-state index contributed by atoms with van der Waals surface area (Å²) in [5.41, 5.74) is -1.57. The Labute approximate surface area is 231 Å². The first kappa shape index (κ1) is 33.0. The molecule has 0 aromatic carbocycles. The second kappa shape index (κ2) is 13.4. The van der Waals surface area contributed by atoms with Crippen molar-refractivity contribution in [1.29, 1.82) is 0 Å². The largest absolute Gasteiger partial charge is 0.462 e. The standard InChI is InChI=1S/C30H56N2O6/c1-27(2)19-17-23(21-29(5,6)31(27)35)37-25(33)15-13-11-9-10-12-14-16-26(34)38-24-18-20-28(3,4)32(36)30(7,8)22-24/h23-24,35-36H,9-22H2,1-8H3. The molecule has 2 unspecified atom stereocenters. The number of unbranched alkanes of at least 4 members (excludes halogenated alkanes) is 5. The molecule has 2 rings (SSSR count). The minimum atomic E-state index is -0.443. The van der Waals surface area contributed by atoms with Crippen LogP contribution >= 0.6 is 0 Å². The summed E-state index contributed by atoms with van der Waals surface area (Å²) in [5, 5.41) is 24.0. The van der Waals surface area contributed by atoms with Gasteiger partial charge in [0.15, 0.2) is 0 Å². The number of hydroxylamine groups is 4. The first-order valence-electron chi connectivity index (χ1n) is 14.8. The number of carbonyl (C=O) groups is 2. The molecule has 0 aromatic heterocycles. The van der Waals surface area contributed by atoms with Crippen LogP contribution in [0.2, 0.25) is 0 Å². The highest BCUT2D eigenvalue weighted by molar-refractivity contribution is 5.69. The normalized spacial score (nSPS) is 27.2. The molecule has 38 heavy (non-hydrogen) atoms. The Morgan fingerprint density at radius 1 is 0.605 bits per heavy atom. The van der Waals surface area contributed by atoms with E-state index < -0.39 is 11.1 Å². The molecule has 0 saturated carbocycles. The number of ether oxygens (including phenoxy) is 2. The molecule has 0 aliphatic carbocycles. The third-order valence-corrected chi connectivity index (χ3v) is 8.51. The van der Waals surface area contributed by atoms with E-state index >= 15 is 0 Å². The lowest BCUT2D eigenvalue weighted by atomic mass is 9.95. The van der Waals surface area contributed by atoms with Gasteiger partial charge in [0.1, 0.15) is 12.2 Å². The van der Waals surface area contributed by atoms with Crippen molar-refractivity contribution in [1.82, 2.24) is 10.1 Å². The molecule has 0 bridgehead atoms. The van der Waals surface area contributed by atoms with Gasteiger partial charge in [0.05, 0.1) is 0 Å². The molecule has 8 heteroatoms. The van der Waals surface area contributed by atoms with Crippen molar-refractivity contribution < 1.29 is 29.5 Å². The van der Waals surface area contributed by atoms with E-state index in [0.29, 0.717) is 25.7 Å². The van der Waals surface area contributed by atoms with Crippen LogP contribution in [0.5, 0.6) is 0 Å². The van der Waals surface area contributed by atoms with Crippen molar-refractivity contribution >= 4 is 11.9 Å². The molecule has 222 valence electrons. The van der Waals surface area contributed by atoms with Crippen molar-refractivity contribution in [3.8, 4) is 0 Å². The molecule has 2 heterocycles. The summed E-state index contributed by atoms with van der Waals surface area (Å²) in [5.74, 6) is -0.292. The Bertz CT molecular complexity index is 715. The average Bonchev–Trinajstić information content (AvgIpc) is 2.93. The van der Waals surface area contributed by atoms with E-state index in [-0.39, 0.29) is 35.2 Å². The molecule has 0 spiro atoms. The van der Waals surface area contributed by atoms with E-state index in [0.717, 1.165) is 64.2 Å². The third kappa shape index (κ3) is 9.76. The van der Waals surface area contributed by atoms with Crippen LogP contribution in [0.15, 0.2) is 0 Å². The molecule has 2 N–H and O–H groups in total. The topological polar surface area (TPSA) is 99.5 Å². The Morgan fingerprint density at radius 3 is 1.26 bits per heavy atom. The Balaban J connectivity index is 1.56. The van der Waals surface area contributed by atoms with Crippen LogP contribution in [0.1, 0.15) is 145 Å². The highest BCUT2D eigenvalue weighted by Crippen LogP contribution is 2.37. The van der Waals surface area contributed by atoms with Gasteiger partial charge in [-0.25, -0.2) is 0 Å². The summed E-state index contributed by atoms with van der Waals surface area (Å²) >= 11 is 0. The van der Waals surface area contributed by atoms with Crippen molar-refractivity contribution in [3.05, 3.63) is 0 Å². The van der Waals surface area contributed by atoms with E-state index in [1.54, 1.807) is 0 Å². The fourth-order valence-electron chi connectivity index (χ4n) is 6.31. The van der Waals surface area contributed by atoms with Gasteiger partial charge in [-0.05, 0) is 93.9 Å². The quantitative estimate of drug-likeness (QED) is 0.218. The first-order valence-corrected chi connectivity index (χ1v) is 14.8. The van der Waals surface area contributed by atoms with Crippen molar-refractivity contribution in [2.24, 2.45) is 0 Å². The minimum absolute atomic E-state index is 0.146. The number of hydrogen-bond donors (Lipinski definition) is 2. The Kier molecular flexibility index (Phi) is 11.7. The average molecular weight is 541 g/mol. The van der Waals surface area contributed by atoms with E-state index in [4.69, 9.17) is 9.47 Å². The second-order valence-electron chi connectivity index (χ2n) is 14.2. The molecule has 8 nitrogen and oxygen atoms in total. The van der Waals surface area contributed by atoms with Gasteiger partial charge >= 0.3 is 11.9 Å². The fourth-order valence-corrected chi connectivity index (χ4v) is 6.31. The van der Waals surface area contributed by atoms with E-state index in [1.165, 1.54) is 10.1 Å². The van der Waals surface area contributed by atoms with Gasteiger partial charge in [0.2, 0.25) is 0 Å². The summed E-state index contributed by atoms with van der Waals surface area (Å²) in [6.07, 6.45) is 10.5.